The number of rotatable bonds is 6. The number of aromatic amines is 1. The highest BCUT2D eigenvalue weighted by atomic mass is 16.5. The lowest BCUT2D eigenvalue weighted by atomic mass is 10.1. The fraction of sp³-hybridized carbons (Fsp3) is 0.167. The first-order valence-electron chi connectivity index (χ1n) is 10.0. The minimum Gasteiger partial charge on any atom is -0.493 e. The minimum atomic E-state index is -0.434. The van der Waals surface area contributed by atoms with Gasteiger partial charge in [-0.15, -0.1) is 0 Å². The topological polar surface area (TPSA) is 106 Å². The Hall–Kier alpha value is -4.40. The molecule has 0 bridgehead atoms. The van der Waals surface area contributed by atoms with Crippen molar-refractivity contribution in [3.05, 3.63) is 81.4 Å². The van der Waals surface area contributed by atoms with Gasteiger partial charge in [-0.2, -0.15) is 0 Å². The number of benzene rings is 2. The Bertz CT molecular complexity index is 1300. The number of carbonyl (C=O) groups excluding carboxylic acids is 1. The molecular weight excluding hydrogens is 424 g/mol. The first-order chi connectivity index (χ1) is 15.9. The second-order valence-corrected chi connectivity index (χ2v) is 7.14. The van der Waals surface area contributed by atoms with E-state index in [-0.39, 0.29) is 17.2 Å². The van der Waals surface area contributed by atoms with Crippen LogP contribution in [0.15, 0.2) is 64.0 Å². The van der Waals surface area contributed by atoms with E-state index in [0.29, 0.717) is 39.9 Å². The highest BCUT2D eigenvalue weighted by molar-refractivity contribution is 6.32. The predicted octanol–water partition coefficient (Wildman–Crippen LogP) is 2.94. The average molecular weight is 446 g/mol. The second-order valence-electron chi connectivity index (χ2n) is 7.14. The third-order valence-corrected chi connectivity index (χ3v) is 4.95. The number of aliphatic imine (C=N–C) groups is 1. The summed E-state index contributed by atoms with van der Waals surface area (Å²) in [6.45, 7) is 1.69. The van der Waals surface area contributed by atoms with Gasteiger partial charge in [-0.05, 0) is 30.7 Å². The molecule has 0 fully saturated rings. The maximum absolute atomic E-state index is 13.4. The second kappa shape index (κ2) is 8.99. The minimum absolute atomic E-state index is 0.0981. The van der Waals surface area contributed by atoms with Crippen LogP contribution in [-0.4, -0.2) is 43.0 Å². The Morgan fingerprint density at radius 1 is 0.939 bits per heavy atom. The Kier molecular flexibility index (Phi) is 5.95. The summed E-state index contributed by atoms with van der Waals surface area (Å²) in [6, 6.07) is 14.0. The molecule has 0 spiro atoms. The average Bonchev–Trinajstić information content (AvgIpc) is 3.14. The number of nitrogens with zero attached hydrogens (tertiary/aromatic N) is 3. The normalized spacial score (nSPS) is 14.4. The zero-order chi connectivity index (χ0) is 23.5. The molecule has 9 nitrogen and oxygen atoms in total. The van der Waals surface area contributed by atoms with Gasteiger partial charge in [-0.3, -0.25) is 14.6 Å². The third kappa shape index (κ3) is 4.20. The quantitative estimate of drug-likeness (QED) is 0.584. The van der Waals surface area contributed by atoms with E-state index in [4.69, 9.17) is 14.2 Å². The fourth-order valence-corrected chi connectivity index (χ4v) is 3.51. The van der Waals surface area contributed by atoms with Crippen LogP contribution in [0.4, 0.5) is 5.95 Å². The van der Waals surface area contributed by atoms with Crippen LogP contribution in [0.1, 0.15) is 16.8 Å². The van der Waals surface area contributed by atoms with E-state index >= 15 is 0 Å². The van der Waals surface area contributed by atoms with Crippen LogP contribution in [0.2, 0.25) is 0 Å². The molecular formula is C24H22N4O5. The van der Waals surface area contributed by atoms with Crippen molar-refractivity contribution in [2.24, 2.45) is 4.99 Å². The van der Waals surface area contributed by atoms with Crippen molar-refractivity contribution in [2.45, 2.75) is 6.92 Å². The molecule has 3 aromatic rings. The van der Waals surface area contributed by atoms with Crippen LogP contribution in [0.5, 0.6) is 17.2 Å². The van der Waals surface area contributed by atoms with Crippen LogP contribution in [0.25, 0.3) is 6.08 Å². The summed E-state index contributed by atoms with van der Waals surface area (Å²) in [5.74, 6) is 1.35. The van der Waals surface area contributed by atoms with Gasteiger partial charge < -0.3 is 14.2 Å². The number of anilines is 1. The molecule has 0 atom stereocenters. The lowest BCUT2D eigenvalue weighted by Gasteiger charge is -2.17. The number of methoxy groups -OCH3 is 3. The van der Waals surface area contributed by atoms with Gasteiger partial charge in [0.25, 0.3) is 11.5 Å². The number of carbonyl (C=O) groups is 1. The Balaban J connectivity index is 1.86. The predicted molar refractivity (Wildman–Crippen MR) is 124 cm³/mol. The summed E-state index contributed by atoms with van der Waals surface area (Å²) in [7, 11) is 4.55. The van der Waals surface area contributed by atoms with E-state index in [0.717, 1.165) is 0 Å². The maximum atomic E-state index is 13.4. The summed E-state index contributed by atoms with van der Waals surface area (Å²) < 4.78 is 16.2. The van der Waals surface area contributed by atoms with E-state index in [9.17, 15) is 9.59 Å². The summed E-state index contributed by atoms with van der Waals surface area (Å²) >= 11 is 0. The van der Waals surface area contributed by atoms with Crippen LogP contribution in [0, 0.1) is 6.92 Å². The van der Waals surface area contributed by atoms with Crippen molar-refractivity contribution in [1.29, 1.82) is 0 Å². The molecule has 0 aliphatic carbocycles. The molecule has 0 unspecified atom stereocenters. The van der Waals surface area contributed by atoms with Gasteiger partial charge in [0.1, 0.15) is 5.70 Å². The number of H-pyrrole nitrogens is 1. The van der Waals surface area contributed by atoms with Crippen LogP contribution in [-0.2, 0) is 4.79 Å². The fourth-order valence-electron chi connectivity index (χ4n) is 3.51. The molecule has 1 aliphatic heterocycles. The van der Waals surface area contributed by atoms with Gasteiger partial charge in [0.2, 0.25) is 11.7 Å². The molecule has 1 aromatic heterocycles. The standard InChI is InChI=1S/C24H22N4O5/c1-14-10-20(29)27-24(25-14)28-22(16-8-6-5-7-9-16)26-17(23(28)30)11-15-12-18(31-2)21(33-4)19(13-15)32-3/h5-13H,1-4H3,(H,25,27,29)/b17-11+. The number of amides is 1. The van der Waals surface area contributed by atoms with Gasteiger partial charge in [-0.25, -0.2) is 14.9 Å². The van der Waals surface area contributed by atoms with Crippen molar-refractivity contribution in [3.8, 4) is 17.2 Å². The third-order valence-electron chi connectivity index (χ3n) is 4.95. The van der Waals surface area contributed by atoms with Crippen molar-refractivity contribution in [1.82, 2.24) is 9.97 Å². The summed E-state index contributed by atoms with van der Waals surface area (Å²) in [6.07, 6.45) is 1.61. The van der Waals surface area contributed by atoms with Gasteiger partial charge in [0.05, 0.1) is 21.3 Å². The lowest BCUT2D eigenvalue weighted by Crippen LogP contribution is -2.35. The summed E-state index contributed by atoms with van der Waals surface area (Å²) in [5.41, 5.74) is 1.60. The van der Waals surface area contributed by atoms with Gasteiger partial charge in [0, 0.05) is 17.3 Å². The number of ether oxygens (including phenoxy) is 3. The monoisotopic (exact) mass is 446 g/mol. The first kappa shape index (κ1) is 21.8. The molecule has 168 valence electrons. The Labute approximate surface area is 190 Å². The molecule has 0 saturated heterocycles. The van der Waals surface area contributed by atoms with Gasteiger partial charge >= 0.3 is 0 Å². The van der Waals surface area contributed by atoms with Crippen LogP contribution < -0.4 is 24.7 Å². The molecule has 9 heteroatoms. The number of hydrogen-bond acceptors (Lipinski definition) is 7. The number of hydrogen-bond donors (Lipinski definition) is 1. The van der Waals surface area contributed by atoms with Crippen LogP contribution in [0.3, 0.4) is 0 Å². The van der Waals surface area contributed by atoms with Crippen molar-refractivity contribution in [2.75, 3.05) is 26.2 Å². The highest BCUT2D eigenvalue weighted by Crippen LogP contribution is 2.39. The Morgan fingerprint density at radius 3 is 2.18 bits per heavy atom. The van der Waals surface area contributed by atoms with E-state index < -0.39 is 5.91 Å². The lowest BCUT2D eigenvalue weighted by molar-refractivity contribution is -0.113. The Morgan fingerprint density at radius 2 is 1.61 bits per heavy atom. The summed E-state index contributed by atoms with van der Waals surface area (Å²) in [4.78, 5) is 38.4. The molecule has 1 aliphatic rings. The van der Waals surface area contributed by atoms with E-state index in [1.54, 1.807) is 25.1 Å². The number of aryl methyl sites for hydroxylation is 1. The van der Waals surface area contributed by atoms with Crippen molar-refractivity contribution >= 4 is 23.8 Å². The number of amidine groups is 1. The maximum Gasteiger partial charge on any atom is 0.285 e. The van der Waals surface area contributed by atoms with Gasteiger partial charge in [-0.1, -0.05) is 30.3 Å². The molecule has 4 rings (SSSR count). The zero-order valence-electron chi connectivity index (χ0n) is 18.6. The van der Waals surface area contributed by atoms with Crippen molar-refractivity contribution < 1.29 is 19.0 Å². The molecule has 2 heterocycles. The van der Waals surface area contributed by atoms with E-state index in [1.165, 1.54) is 32.3 Å². The molecule has 0 radical (unpaired) electrons. The molecule has 2 aromatic carbocycles. The van der Waals surface area contributed by atoms with Gasteiger partial charge in [0.15, 0.2) is 17.3 Å². The SMILES string of the molecule is COc1cc(/C=C2/N=C(c3ccccc3)N(c3nc(C)cc(=O)[nH]3)C2=O)cc(OC)c1OC. The molecule has 33 heavy (non-hydrogen) atoms. The van der Waals surface area contributed by atoms with Crippen LogP contribution >= 0.6 is 0 Å². The number of nitrogens with one attached hydrogen (secondary N) is 1. The number of aromatic nitrogens is 2. The largest absolute Gasteiger partial charge is 0.493 e. The molecule has 1 amide bonds. The van der Waals surface area contributed by atoms with E-state index in [1.807, 2.05) is 30.3 Å². The smallest absolute Gasteiger partial charge is 0.285 e. The van der Waals surface area contributed by atoms with Crippen molar-refractivity contribution in [3.63, 3.8) is 0 Å². The zero-order valence-corrected chi connectivity index (χ0v) is 18.6. The highest BCUT2D eigenvalue weighted by Gasteiger charge is 2.34. The molecule has 1 N–H and O–H groups in total. The first-order valence-corrected chi connectivity index (χ1v) is 10.0. The van der Waals surface area contributed by atoms with E-state index in [2.05, 4.69) is 15.0 Å². The molecule has 0 saturated carbocycles. The summed E-state index contributed by atoms with van der Waals surface area (Å²) in [5, 5.41) is 0.